The molecule has 10 heteroatoms. The first-order valence-corrected chi connectivity index (χ1v) is 12.8. The highest BCUT2D eigenvalue weighted by molar-refractivity contribution is 8.16. The highest BCUT2D eigenvalue weighted by atomic mass is 35.5. The molecule has 7 nitrogen and oxygen atoms in total. The lowest BCUT2D eigenvalue weighted by Gasteiger charge is -2.39. The molecule has 0 unspecified atom stereocenters. The minimum atomic E-state index is -0.497. The van der Waals surface area contributed by atoms with Gasteiger partial charge in [0.2, 0.25) is 5.71 Å². The third-order valence-corrected chi connectivity index (χ3v) is 7.37. The van der Waals surface area contributed by atoms with Gasteiger partial charge < -0.3 is 15.3 Å². The van der Waals surface area contributed by atoms with Crippen molar-refractivity contribution in [2.75, 3.05) is 26.2 Å². The quantitative estimate of drug-likeness (QED) is 0.138. The van der Waals surface area contributed by atoms with E-state index in [0.29, 0.717) is 36.2 Å². The third kappa shape index (κ3) is 6.20. The number of hydrogen-bond donors (Lipinski definition) is 2. The molecule has 1 saturated heterocycles. The Morgan fingerprint density at radius 1 is 0.778 bits per heavy atom. The highest BCUT2D eigenvalue weighted by Crippen LogP contribution is 2.31. The first kappa shape index (κ1) is 26.0. The molecular weight excluding hydrogens is 519 g/mol. The maximum atomic E-state index is 13.2. The lowest BCUT2D eigenvalue weighted by Crippen LogP contribution is -2.52. The number of hydrogen-bond acceptors (Lipinski definition) is 7. The Kier molecular flexibility index (Phi) is 8.88. The van der Waals surface area contributed by atoms with Gasteiger partial charge in [-0.25, -0.2) is 0 Å². The van der Waals surface area contributed by atoms with E-state index in [1.165, 1.54) is 0 Å². The van der Waals surface area contributed by atoms with Crippen LogP contribution >= 0.6 is 35.0 Å². The molecule has 0 spiro atoms. The van der Waals surface area contributed by atoms with Crippen LogP contribution in [0.1, 0.15) is 17.2 Å². The van der Waals surface area contributed by atoms with Gasteiger partial charge in [0.1, 0.15) is 0 Å². The number of nitrogens with zero attached hydrogens (tertiary/aromatic N) is 4. The van der Waals surface area contributed by atoms with Gasteiger partial charge in [-0.1, -0.05) is 87.7 Å². The van der Waals surface area contributed by atoms with E-state index in [1.807, 2.05) is 78.9 Å². The first-order valence-electron chi connectivity index (χ1n) is 11.2. The van der Waals surface area contributed by atoms with Crippen LogP contribution in [0, 0.1) is 0 Å². The van der Waals surface area contributed by atoms with E-state index < -0.39 is 5.91 Å². The number of oxime groups is 2. The van der Waals surface area contributed by atoms with Crippen LogP contribution in [0.4, 0.5) is 0 Å². The number of halogens is 2. The Morgan fingerprint density at radius 3 is 1.78 bits per heavy atom. The zero-order valence-corrected chi connectivity index (χ0v) is 21.5. The fourth-order valence-electron chi connectivity index (χ4n) is 4.13. The predicted octanol–water partition coefficient (Wildman–Crippen LogP) is 5.64. The molecule has 1 aliphatic heterocycles. The van der Waals surface area contributed by atoms with E-state index in [2.05, 4.69) is 15.2 Å². The minimum Gasteiger partial charge on any atom is -0.410 e. The second-order valence-corrected chi connectivity index (χ2v) is 10.0. The van der Waals surface area contributed by atoms with Crippen LogP contribution in [0.15, 0.2) is 94.1 Å². The molecule has 3 aromatic rings. The Balaban J connectivity index is 1.49. The number of carbonyl (C=O) groups is 1. The molecule has 4 rings (SSSR count). The van der Waals surface area contributed by atoms with E-state index in [0.717, 1.165) is 27.8 Å². The summed E-state index contributed by atoms with van der Waals surface area (Å²) in [6, 6.07) is 24.5. The van der Waals surface area contributed by atoms with Crippen LogP contribution in [0.3, 0.4) is 0 Å². The molecule has 36 heavy (non-hydrogen) atoms. The van der Waals surface area contributed by atoms with Crippen molar-refractivity contribution in [1.29, 1.82) is 0 Å². The summed E-state index contributed by atoms with van der Waals surface area (Å²) < 4.78 is 0. The zero-order chi connectivity index (χ0) is 25.5. The molecule has 186 valence electrons. The molecule has 0 saturated carbocycles. The number of amides is 1. The topological polar surface area (TPSA) is 88.7 Å². The molecule has 2 N–H and O–H groups in total. The maximum absolute atomic E-state index is 13.2. The molecule has 0 atom stereocenters. The van der Waals surface area contributed by atoms with Crippen molar-refractivity contribution in [3.63, 3.8) is 0 Å². The molecule has 1 amide bonds. The summed E-state index contributed by atoms with van der Waals surface area (Å²) in [6.45, 7) is 1.98. The van der Waals surface area contributed by atoms with Crippen molar-refractivity contribution >= 4 is 51.6 Å². The van der Waals surface area contributed by atoms with Crippen molar-refractivity contribution < 1.29 is 15.2 Å². The molecule has 1 heterocycles. The van der Waals surface area contributed by atoms with Gasteiger partial charge in [0, 0.05) is 41.1 Å². The zero-order valence-electron chi connectivity index (χ0n) is 19.2. The lowest BCUT2D eigenvalue weighted by molar-refractivity contribution is -0.125. The van der Waals surface area contributed by atoms with Crippen LogP contribution in [-0.2, 0) is 4.79 Å². The van der Waals surface area contributed by atoms with Gasteiger partial charge in [0.25, 0.3) is 5.91 Å². The second kappa shape index (κ2) is 12.3. The van der Waals surface area contributed by atoms with E-state index >= 15 is 0 Å². The molecular formula is C26H24Cl2N4O3S. The summed E-state index contributed by atoms with van der Waals surface area (Å²) >= 11 is 13.3. The Hall–Kier alpha value is -3.04. The molecule has 3 aromatic carbocycles. The molecule has 0 aromatic heterocycles. The van der Waals surface area contributed by atoms with E-state index in [9.17, 15) is 15.2 Å². The number of benzene rings is 3. The van der Waals surface area contributed by atoms with Crippen LogP contribution in [0.2, 0.25) is 10.0 Å². The Labute approximate surface area is 223 Å². The fraction of sp³-hybridized carbons (Fsp3) is 0.192. The van der Waals surface area contributed by atoms with Crippen molar-refractivity contribution in [1.82, 2.24) is 9.80 Å². The van der Waals surface area contributed by atoms with Gasteiger partial charge in [-0.3, -0.25) is 9.69 Å². The predicted molar refractivity (Wildman–Crippen MR) is 144 cm³/mol. The number of carbonyl (C=O) groups excluding carboxylic acids is 1. The Bertz CT molecular complexity index is 1180. The summed E-state index contributed by atoms with van der Waals surface area (Å²) in [5.74, 6) is -0.497. The van der Waals surface area contributed by atoms with Crippen molar-refractivity contribution in [2.24, 2.45) is 10.3 Å². The smallest absolute Gasteiger partial charge is 0.278 e. The van der Waals surface area contributed by atoms with Crippen molar-refractivity contribution in [3.05, 3.63) is 100 Å². The summed E-state index contributed by atoms with van der Waals surface area (Å²) in [7, 11) is 0. The van der Waals surface area contributed by atoms with Crippen LogP contribution < -0.4 is 0 Å². The summed E-state index contributed by atoms with van der Waals surface area (Å²) in [5.41, 5.74) is 1.85. The van der Waals surface area contributed by atoms with Gasteiger partial charge in [-0.05, 0) is 47.5 Å². The molecule has 0 bridgehead atoms. The van der Waals surface area contributed by atoms with Gasteiger partial charge in [0.15, 0.2) is 5.04 Å². The SMILES string of the molecule is O=C(C(=N/O)/C(=N/O)Sc1ccccc1)N1CCN(C(c2ccc(Cl)cc2)c2ccc(Cl)cc2)CC1. The van der Waals surface area contributed by atoms with E-state index in [4.69, 9.17) is 23.2 Å². The molecule has 0 radical (unpaired) electrons. The number of piperazine rings is 1. The fourth-order valence-corrected chi connectivity index (χ4v) is 5.16. The maximum Gasteiger partial charge on any atom is 0.278 e. The molecule has 0 aliphatic carbocycles. The number of rotatable bonds is 6. The van der Waals surface area contributed by atoms with Crippen LogP contribution in [0.5, 0.6) is 0 Å². The normalized spacial score (nSPS) is 15.4. The third-order valence-electron chi connectivity index (χ3n) is 5.89. The summed E-state index contributed by atoms with van der Waals surface area (Å²) in [5, 5.41) is 26.8. The summed E-state index contributed by atoms with van der Waals surface area (Å²) in [6.07, 6.45) is 0. The standard InChI is InChI=1S/C26H24Cl2N4O3S/c27-20-10-6-18(7-11-20)24(19-8-12-21(28)13-9-19)31-14-16-32(17-15-31)26(33)23(29-34)25(30-35)36-22-4-2-1-3-5-22/h1-13,24,34-35H,14-17H2/b29-23+,30-25-. The lowest BCUT2D eigenvalue weighted by atomic mass is 9.96. The van der Waals surface area contributed by atoms with E-state index in [1.54, 1.807) is 4.90 Å². The summed E-state index contributed by atoms with van der Waals surface area (Å²) in [4.78, 5) is 17.8. The monoisotopic (exact) mass is 542 g/mol. The van der Waals surface area contributed by atoms with Crippen LogP contribution in [0.25, 0.3) is 0 Å². The van der Waals surface area contributed by atoms with Gasteiger partial charge in [-0.15, -0.1) is 0 Å². The average Bonchev–Trinajstić information content (AvgIpc) is 2.91. The van der Waals surface area contributed by atoms with Gasteiger partial charge in [0.05, 0.1) is 6.04 Å². The molecule has 1 fully saturated rings. The minimum absolute atomic E-state index is 0.0500. The largest absolute Gasteiger partial charge is 0.410 e. The van der Waals surface area contributed by atoms with Gasteiger partial charge in [-0.2, -0.15) is 0 Å². The van der Waals surface area contributed by atoms with E-state index in [-0.39, 0.29) is 16.8 Å². The highest BCUT2D eigenvalue weighted by Gasteiger charge is 2.32. The molecule has 1 aliphatic rings. The Morgan fingerprint density at radius 2 is 1.31 bits per heavy atom. The van der Waals surface area contributed by atoms with Crippen LogP contribution in [-0.4, -0.2) is 63.1 Å². The first-order chi connectivity index (χ1) is 17.5. The number of thioether (sulfide) groups is 1. The van der Waals surface area contributed by atoms with Crippen molar-refractivity contribution in [2.45, 2.75) is 10.9 Å². The average molecular weight is 543 g/mol. The van der Waals surface area contributed by atoms with Gasteiger partial charge >= 0.3 is 0 Å². The second-order valence-electron chi connectivity index (χ2n) is 8.10. The van der Waals surface area contributed by atoms with Crippen molar-refractivity contribution in [3.8, 4) is 0 Å².